The Morgan fingerprint density at radius 1 is 0.471 bits per heavy atom. The van der Waals surface area contributed by atoms with E-state index in [1.165, 1.54) is 0 Å². The Labute approximate surface area is 312 Å². The normalized spacial score (nSPS) is 14.0. The molecule has 4 nitrogen and oxygen atoms in total. The summed E-state index contributed by atoms with van der Waals surface area (Å²) < 4.78 is 11.0. The number of esters is 1. The second kappa shape index (κ2) is 42.4. The number of aliphatic hydroxyl groups is 1. The van der Waals surface area contributed by atoms with Crippen LogP contribution in [0.2, 0.25) is 0 Å². The van der Waals surface area contributed by atoms with E-state index in [-0.39, 0.29) is 25.6 Å². The molecule has 0 aromatic rings. The van der Waals surface area contributed by atoms with Crippen molar-refractivity contribution in [1.82, 2.24) is 0 Å². The van der Waals surface area contributed by atoms with Gasteiger partial charge >= 0.3 is 5.97 Å². The Morgan fingerprint density at radius 3 is 1.16 bits per heavy atom. The molecule has 0 saturated heterocycles. The lowest BCUT2D eigenvalue weighted by molar-refractivity contribution is -0.153. The van der Waals surface area contributed by atoms with E-state index in [0.717, 1.165) is 96.3 Å². The van der Waals surface area contributed by atoms with Crippen LogP contribution in [0.3, 0.4) is 0 Å². The predicted molar refractivity (Wildman–Crippen MR) is 223 cm³/mol. The molecule has 1 unspecified atom stereocenters. The highest BCUT2D eigenvalue weighted by atomic mass is 16.6. The number of rotatable bonds is 33. The molecule has 0 saturated carbocycles. The molecule has 0 spiro atoms. The van der Waals surface area contributed by atoms with Crippen LogP contribution in [0.4, 0.5) is 0 Å². The molecule has 0 bridgehead atoms. The van der Waals surface area contributed by atoms with Crippen LogP contribution < -0.4 is 0 Å². The number of carbonyl (C=O) groups is 1. The summed E-state index contributed by atoms with van der Waals surface area (Å²) in [5, 5.41) is 9.55. The van der Waals surface area contributed by atoms with E-state index in [1.807, 2.05) is 12.2 Å². The summed E-state index contributed by atoms with van der Waals surface area (Å²) in [6.45, 7) is 4.86. The largest absolute Gasteiger partial charge is 0.457 e. The van der Waals surface area contributed by atoms with Gasteiger partial charge in [-0.15, -0.1) is 0 Å². The fourth-order valence-electron chi connectivity index (χ4n) is 4.38. The van der Waals surface area contributed by atoms with E-state index in [2.05, 4.69) is 148 Å². The van der Waals surface area contributed by atoms with Gasteiger partial charge in [0.25, 0.3) is 0 Å². The van der Waals surface area contributed by atoms with Crippen molar-refractivity contribution in [1.29, 1.82) is 0 Å². The number of hydrogen-bond acceptors (Lipinski definition) is 4. The van der Waals surface area contributed by atoms with Gasteiger partial charge in [0.1, 0.15) is 6.10 Å². The van der Waals surface area contributed by atoms with Gasteiger partial charge in [0.2, 0.25) is 0 Å². The summed E-state index contributed by atoms with van der Waals surface area (Å²) in [6.07, 6.45) is 66.4. The van der Waals surface area contributed by atoms with Crippen molar-refractivity contribution >= 4 is 5.97 Å². The van der Waals surface area contributed by atoms with E-state index in [4.69, 9.17) is 9.47 Å². The summed E-state index contributed by atoms with van der Waals surface area (Å²) in [7, 11) is 0. The number of aliphatic hydroxyl groups excluding tert-OH is 1. The first-order valence-corrected chi connectivity index (χ1v) is 19.4. The maximum atomic E-state index is 12.1. The lowest BCUT2D eigenvalue weighted by Gasteiger charge is -2.15. The Balaban J connectivity index is 3.74. The van der Waals surface area contributed by atoms with Gasteiger partial charge in [0.15, 0.2) is 0 Å². The smallest absolute Gasteiger partial charge is 0.310 e. The molecule has 0 fully saturated rings. The van der Waals surface area contributed by atoms with E-state index in [1.54, 1.807) is 0 Å². The summed E-state index contributed by atoms with van der Waals surface area (Å²) in [6, 6.07) is 0. The SMILES string of the molecule is CC/C=C\C/C=C\C/C=C\C/C=C\C/C=C\C/C=C\C/C=C\CCCCOCC(CO)OC(=O)C/C=C\C/C=C\C/C=C\C/C=C\C/C=C\CC. The zero-order valence-corrected chi connectivity index (χ0v) is 32.0. The third kappa shape index (κ3) is 40.6. The minimum absolute atomic E-state index is 0.189. The number of unbranched alkanes of at least 4 members (excludes halogenated alkanes) is 2. The molecule has 0 amide bonds. The fraction of sp³-hybridized carbons (Fsp3) is 0.468. The van der Waals surface area contributed by atoms with Gasteiger partial charge in [0.05, 0.1) is 19.6 Å². The van der Waals surface area contributed by atoms with Gasteiger partial charge < -0.3 is 14.6 Å². The van der Waals surface area contributed by atoms with Crippen molar-refractivity contribution in [2.45, 2.75) is 123 Å². The van der Waals surface area contributed by atoms with Crippen molar-refractivity contribution < 1.29 is 19.4 Å². The molecular weight excluding hydrogens is 629 g/mol. The minimum atomic E-state index is -0.624. The van der Waals surface area contributed by atoms with E-state index < -0.39 is 6.10 Å². The van der Waals surface area contributed by atoms with Crippen molar-refractivity contribution in [2.75, 3.05) is 19.8 Å². The Hall–Kier alpha value is -3.73. The maximum Gasteiger partial charge on any atom is 0.310 e. The molecule has 0 heterocycles. The van der Waals surface area contributed by atoms with E-state index in [0.29, 0.717) is 6.61 Å². The monoisotopic (exact) mass is 699 g/mol. The Morgan fingerprint density at radius 2 is 0.804 bits per heavy atom. The highest BCUT2D eigenvalue weighted by Gasteiger charge is 2.12. The van der Waals surface area contributed by atoms with Crippen LogP contribution in [-0.4, -0.2) is 37.0 Å². The molecule has 0 aromatic carbocycles. The third-order valence-electron chi connectivity index (χ3n) is 7.19. The first-order chi connectivity index (χ1) is 25.2. The highest BCUT2D eigenvalue weighted by molar-refractivity contribution is 5.71. The van der Waals surface area contributed by atoms with Crippen LogP contribution in [0, 0.1) is 0 Å². The zero-order valence-electron chi connectivity index (χ0n) is 32.0. The topological polar surface area (TPSA) is 55.8 Å². The van der Waals surface area contributed by atoms with Crippen molar-refractivity contribution in [2.24, 2.45) is 0 Å². The molecule has 0 aliphatic rings. The van der Waals surface area contributed by atoms with Crippen LogP contribution in [0.5, 0.6) is 0 Å². The summed E-state index contributed by atoms with van der Waals surface area (Å²) >= 11 is 0. The van der Waals surface area contributed by atoms with Gasteiger partial charge in [-0.2, -0.15) is 0 Å². The lowest BCUT2D eigenvalue weighted by atomic mass is 10.2. The van der Waals surface area contributed by atoms with Gasteiger partial charge in [0, 0.05) is 6.61 Å². The lowest BCUT2D eigenvalue weighted by Crippen LogP contribution is -2.27. The molecule has 0 aliphatic carbocycles. The molecule has 4 heteroatoms. The molecule has 1 N–H and O–H groups in total. The van der Waals surface area contributed by atoms with E-state index >= 15 is 0 Å². The molecule has 1 atom stereocenters. The van der Waals surface area contributed by atoms with Gasteiger partial charge in [-0.1, -0.05) is 160 Å². The molecule has 0 aromatic heterocycles. The average Bonchev–Trinajstić information content (AvgIpc) is 3.14. The summed E-state index contributed by atoms with van der Waals surface area (Å²) in [5.74, 6) is -0.351. The standard InChI is InChI=1S/C47H70O4/c1-3-5-7-9-11-13-15-17-19-20-21-22-23-24-25-26-27-29-31-33-35-37-39-41-43-50-45-46(44-48)51-47(49)42-40-38-36-34-32-30-28-18-16-14-12-10-8-6-4-2/h5-8,11-14,17-19,21-22,24-25,27-29,32-35,38,40,46,48H,3-4,9-10,15-16,20,23,26,30-31,36-37,39,41-45H2,1-2H3/b7-5-,8-6-,13-11-,14-12-,19-17-,22-21-,25-24-,28-18-,29-27-,34-32-,35-33-,40-38-. The first-order valence-electron chi connectivity index (χ1n) is 19.4. The van der Waals surface area contributed by atoms with Crippen LogP contribution in [-0.2, 0) is 14.3 Å². The summed E-state index contributed by atoms with van der Waals surface area (Å²) in [4.78, 5) is 12.1. The minimum Gasteiger partial charge on any atom is -0.457 e. The van der Waals surface area contributed by atoms with Crippen LogP contribution in [0.15, 0.2) is 146 Å². The Bertz CT molecular complexity index is 1140. The van der Waals surface area contributed by atoms with Crippen molar-refractivity contribution in [3.05, 3.63) is 146 Å². The van der Waals surface area contributed by atoms with Gasteiger partial charge in [-0.25, -0.2) is 0 Å². The number of hydrogen-bond donors (Lipinski definition) is 1. The molecular formula is C47H70O4. The number of carbonyl (C=O) groups excluding carboxylic acids is 1. The van der Waals surface area contributed by atoms with Crippen LogP contribution in [0.25, 0.3) is 0 Å². The Kier molecular flexibility index (Phi) is 39.3. The second-order valence-electron chi connectivity index (χ2n) is 11.9. The molecule has 282 valence electrons. The van der Waals surface area contributed by atoms with Crippen LogP contribution >= 0.6 is 0 Å². The van der Waals surface area contributed by atoms with E-state index in [9.17, 15) is 9.90 Å². The molecule has 0 radical (unpaired) electrons. The highest BCUT2D eigenvalue weighted by Crippen LogP contribution is 2.03. The number of allylic oxidation sites excluding steroid dienone is 23. The molecule has 51 heavy (non-hydrogen) atoms. The van der Waals surface area contributed by atoms with Crippen molar-refractivity contribution in [3.63, 3.8) is 0 Å². The maximum absolute atomic E-state index is 12.1. The zero-order chi connectivity index (χ0) is 37.0. The average molecular weight is 699 g/mol. The summed E-state index contributed by atoms with van der Waals surface area (Å²) in [5.41, 5.74) is 0. The van der Waals surface area contributed by atoms with Crippen LogP contribution in [0.1, 0.15) is 117 Å². The second-order valence-corrected chi connectivity index (χ2v) is 11.9. The fourth-order valence-corrected chi connectivity index (χ4v) is 4.38. The van der Waals surface area contributed by atoms with Gasteiger partial charge in [-0.05, 0) is 96.3 Å². The third-order valence-corrected chi connectivity index (χ3v) is 7.19. The molecule has 0 aliphatic heterocycles. The predicted octanol–water partition coefficient (Wildman–Crippen LogP) is 12.9. The first kappa shape index (κ1) is 47.3. The van der Waals surface area contributed by atoms with Crippen molar-refractivity contribution in [3.8, 4) is 0 Å². The molecule has 0 rings (SSSR count). The number of ether oxygens (including phenoxy) is 2. The van der Waals surface area contributed by atoms with Gasteiger partial charge in [-0.3, -0.25) is 4.79 Å². The quantitative estimate of drug-likeness (QED) is 0.0421.